The Morgan fingerprint density at radius 3 is 1.20 bits per heavy atom. The predicted molar refractivity (Wildman–Crippen MR) is 33.0 cm³/mol. The molecule has 0 aromatic heterocycles. The van der Waals surface area contributed by atoms with Crippen molar-refractivity contribution in [2.45, 2.75) is 6.05 Å². The average molecular weight is 234 g/mol. The van der Waals surface area contributed by atoms with Gasteiger partial charge < -0.3 is 0 Å². The highest BCUT2D eigenvalue weighted by Gasteiger charge is 2.42. The van der Waals surface area contributed by atoms with Crippen LogP contribution < -0.4 is 5.73 Å². The second-order valence-electron chi connectivity index (χ2n) is 2.65. The normalized spacial score (nSPS) is 12.0. The summed E-state index contributed by atoms with van der Waals surface area (Å²) in [6.07, 6.45) is 0. The van der Waals surface area contributed by atoms with Crippen LogP contribution in [0.2, 0.25) is 0 Å². The SMILES string of the molecule is [NH3+]C(F)(F)c1c(F)c(F)c(F)c(F)c1F. The number of quaternary nitrogens is 1. The molecule has 0 bridgehead atoms. The van der Waals surface area contributed by atoms with E-state index < -0.39 is 40.7 Å². The Balaban J connectivity index is 3.68. The van der Waals surface area contributed by atoms with Crippen molar-refractivity contribution in [3.8, 4) is 0 Å². The summed E-state index contributed by atoms with van der Waals surface area (Å²) >= 11 is 0. The molecule has 84 valence electrons. The fourth-order valence-electron chi connectivity index (χ4n) is 0.926. The van der Waals surface area contributed by atoms with E-state index in [0.29, 0.717) is 0 Å². The molecule has 0 heterocycles. The maximum absolute atomic E-state index is 12.7. The van der Waals surface area contributed by atoms with Gasteiger partial charge in [0.2, 0.25) is 5.82 Å². The Labute approximate surface area is 78.3 Å². The zero-order valence-corrected chi connectivity index (χ0v) is 6.85. The second kappa shape index (κ2) is 3.37. The lowest BCUT2D eigenvalue weighted by molar-refractivity contribution is -0.584. The molecule has 1 aromatic rings. The Kier molecular flexibility index (Phi) is 2.64. The van der Waals surface area contributed by atoms with Gasteiger partial charge in [-0.25, -0.2) is 22.0 Å². The molecule has 0 fully saturated rings. The minimum absolute atomic E-state index is 2.01. The van der Waals surface area contributed by atoms with Crippen molar-refractivity contribution < 1.29 is 36.5 Å². The molecule has 0 saturated heterocycles. The van der Waals surface area contributed by atoms with Gasteiger partial charge in [0.15, 0.2) is 28.8 Å². The van der Waals surface area contributed by atoms with Crippen LogP contribution in [0.15, 0.2) is 0 Å². The minimum Gasteiger partial charge on any atom is -0.292 e. The van der Waals surface area contributed by atoms with E-state index in [4.69, 9.17) is 0 Å². The molecule has 1 nitrogen and oxygen atoms in total. The van der Waals surface area contributed by atoms with Crippen LogP contribution >= 0.6 is 0 Å². The molecule has 8 heteroatoms. The number of benzene rings is 1. The van der Waals surface area contributed by atoms with Crippen molar-refractivity contribution in [1.29, 1.82) is 0 Å². The van der Waals surface area contributed by atoms with Gasteiger partial charge in [-0.2, -0.15) is 0 Å². The number of alkyl halides is 2. The molecular weight excluding hydrogens is 231 g/mol. The van der Waals surface area contributed by atoms with Gasteiger partial charge in [-0.3, -0.25) is 5.73 Å². The first-order valence-electron chi connectivity index (χ1n) is 3.43. The zero-order chi connectivity index (χ0) is 12.0. The molecule has 0 radical (unpaired) electrons. The first kappa shape index (κ1) is 11.8. The van der Waals surface area contributed by atoms with Crippen molar-refractivity contribution in [1.82, 2.24) is 0 Å². The van der Waals surface area contributed by atoms with E-state index in [1.165, 1.54) is 0 Å². The molecule has 0 aliphatic heterocycles. The first-order valence-corrected chi connectivity index (χ1v) is 3.43. The van der Waals surface area contributed by atoms with Gasteiger partial charge in [-0.15, -0.1) is 8.78 Å². The summed E-state index contributed by atoms with van der Waals surface area (Å²) in [6.45, 7) is 0. The predicted octanol–water partition coefficient (Wildman–Crippen LogP) is 1.67. The van der Waals surface area contributed by atoms with Crippen LogP contribution in [0.25, 0.3) is 0 Å². The third kappa shape index (κ3) is 1.76. The third-order valence-corrected chi connectivity index (χ3v) is 1.58. The zero-order valence-electron chi connectivity index (χ0n) is 6.85. The summed E-state index contributed by atoms with van der Waals surface area (Å²) in [5.41, 5.74) is -0.232. The molecule has 0 amide bonds. The quantitative estimate of drug-likeness (QED) is 0.331. The number of hydrogen-bond donors (Lipinski definition) is 1. The summed E-state index contributed by atoms with van der Waals surface area (Å²) in [7, 11) is 0. The van der Waals surface area contributed by atoms with E-state index in [9.17, 15) is 30.7 Å². The van der Waals surface area contributed by atoms with Gasteiger partial charge >= 0.3 is 6.05 Å². The Hall–Kier alpha value is -1.31. The topological polar surface area (TPSA) is 27.6 Å². The summed E-state index contributed by atoms with van der Waals surface area (Å²) in [4.78, 5) is 0. The molecule has 0 spiro atoms. The first-order chi connectivity index (χ1) is 6.68. The lowest BCUT2D eigenvalue weighted by Gasteiger charge is -2.10. The second-order valence-corrected chi connectivity index (χ2v) is 2.65. The third-order valence-electron chi connectivity index (χ3n) is 1.58. The number of rotatable bonds is 1. The molecule has 1 aromatic carbocycles. The van der Waals surface area contributed by atoms with Gasteiger partial charge in [0, 0.05) is 0 Å². The number of hydrogen-bond acceptors (Lipinski definition) is 0. The van der Waals surface area contributed by atoms with Gasteiger partial charge in [-0.05, 0) is 0 Å². The maximum Gasteiger partial charge on any atom is 0.419 e. The van der Waals surface area contributed by atoms with Crippen molar-refractivity contribution >= 4 is 0 Å². The monoisotopic (exact) mass is 234 g/mol. The molecule has 3 N–H and O–H groups in total. The van der Waals surface area contributed by atoms with Gasteiger partial charge in [0.25, 0.3) is 0 Å². The van der Waals surface area contributed by atoms with E-state index >= 15 is 0 Å². The van der Waals surface area contributed by atoms with Gasteiger partial charge in [0.05, 0.1) is 0 Å². The summed E-state index contributed by atoms with van der Waals surface area (Å²) in [5.74, 6) is -12.5. The van der Waals surface area contributed by atoms with Crippen molar-refractivity contribution in [2.75, 3.05) is 0 Å². The molecule has 0 atom stereocenters. The minimum atomic E-state index is -4.40. The Morgan fingerprint density at radius 2 is 0.933 bits per heavy atom. The highest BCUT2D eigenvalue weighted by molar-refractivity contribution is 5.26. The molecule has 15 heavy (non-hydrogen) atoms. The lowest BCUT2D eigenvalue weighted by Crippen LogP contribution is -2.65. The smallest absolute Gasteiger partial charge is 0.292 e. The summed E-state index contributed by atoms with van der Waals surface area (Å²) in [5, 5.41) is 0. The Morgan fingerprint density at radius 1 is 0.667 bits per heavy atom. The average Bonchev–Trinajstić information content (AvgIpc) is 2.09. The van der Waals surface area contributed by atoms with Crippen LogP contribution in [0, 0.1) is 29.1 Å². The fourth-order valence-corrected chi connectivity index (χ4v) is 0.926. The molecule has 0 saturated carbocycles. The van der Waals surface area contributed by atoms with Crippen LogP contribution in [-0.2, 0) is 6.05 Å². The fraction of sp³-hybridized carbons (Fsp3) is 0.143. The highest BCUT2D eigenvalue weighted by Crippen LogP contribution is 2.30. The molecular formula is C7H3F7N+. The molecule has 0 aliphatic carbocycles. The molecule has 1 rings (SSSR count). The standard InChI is InChI=1S/C7H2F7N/c8-2-1(7(13,14)15)3(9)5(11)6(12)4(2)10/h15H2/p+1. The van der Waals surface area contributed by atoms with E-state index in [1.807, 2.05) is 5.73 Å². The van der Waals surface area contributed by atoms with Crippen LogP contribution in [0.1, 0.15) is 5.56 Å². The van der Waals surface area contributed by atoms with Crippen LogP contribution in [0.5, 0.6) is 0 Å². The number of halogens is 7. The van der Waals surface area contributed by atoms with Gasteiger partial charge in [0.1, 0.15) is 0 Å². The van der Waals surface area contributed by atoms with E-state index in [1.54, 1.807) is 0 Å². The summed E-state index contributed by atoms with van der Waals surface area (Å²) in [6, 6.07) is -4.40. The van der Waals surface area contributed by atoms with Crippen LogP contribution in [0.3, 0.4) is 0 Å². The van der Waals surface area contributed by atoms with E-state index in [0.717, 1.165) is 0 Å². The van der Waals surface area contributed by atoms with Crippen molar-refractivity contribution in [3.05, 3.63) is 34.6 Å². The summed E-state index contributed by atoms with van der Waals surface area (Å²) < 4.78 is 87.4. The maximum atomic E-state index is 12.7. The van der Waals surface area contributed by atoms with Crippen LogP contribution in [-0.4, -0.2) is 0 Å². The Bertz CT molecular complexity index is 380. The van der Waals surface area contributed by atoms with Crippen molar-refractivity contribution in [3.63, 3.8) is 0 Å². The highest BCUT2D eigenvalue weighted by atomic mass is 19.3. The lowest BCUT2D eigenvalue weighted by atomic mass is 10.1. The molecule has 0 unspecified atom stereocenters. The van der Waals surface area contributed by atoms with E-state index in [-0.39, 0.29) is 0 Å². The van der Waals surface area contributed by atoms with Crippen molar-refractivity contribution in [2.24, 2.45) is 0 Å². The van der Waals surface area contributed by atoms with Crippen LogP contribution in [0.4, 0.5) is 30.7 Å². The van der Waals surface area contributed by atoms with E-state index in [2.05, 4.69) is 0 Å². The van der Waals surface area contributed by atoms with Gasteiger partial charge in [-0.1, -0.05) is 0 Å². The molecule has 0 aliphatic rings. The largest absolute Gasteiger partial charge is 0.419 e.